The van der Waals surface area contributed by atoms with Gasteiger partial charge in [0.25, 0.3) is 5.91 Å². The van der Waals surface area contributed by atoms with Crippen molar-refractivity contribution in [3.8, 4) is 11.5 Å². The van der Waals surface area contributed by atoms with E-state index in [1.165, 1.54) is 14.2 Å². The predicted molar refractivity (Wildman–Crippen MR) is 88.6 cm³/mol. The highest BCUT2D eigenvalue weighted by Gasteiger charge is 2.24. The zero-order valence-corrected chi connectivity index (χ0v) is 13.5. The van der Waals surface area contributed by atoms with Crippen LogP contribution in [0.3, 0.4) is 0 Å². The van der Waals surface area contributed by atoms with Crippen molar-refractivity contribution in [2.24, 2.45) is 0 Å². The van der Waals surface area contributed by atoms with Crippen molar-refractivity contribution in [3.05, 3.63) is 59.7 Å². The van der Waals surface area contributed by atoms with Crippen LogP contribution in [0.15, 0.2) is 48.5 Å². The number of benzene rings is 2. The summed E-state index contributed by atoms with van der Waals surface area (Å²) in [6.45, 7) is 0. The maximum atomic E-state index is 12.2. The van der Waals surface area contributed by atoms with Gasteiger partial charge >= 0.3 is 5.97 Å². The van der Waals surface area contributed by atoms with Crippen LogP contribution < -0.4 is 14.8 Å². The van der Waals surface area contributed by atoms with E-state index in [0.29, 0.717) is 22.6 Å². The van der Waals surface area contributed by atoms with Crippen LogP contribution in [-0.2, 0) is 11.2 Å². The van der Waals surface area contributed by atoms with Gasteiger partial charge < -0.3 is 19.9 Å². The molecule has 0 saturated heterocycles. The van der Waals surface area contributed by atoms with Crippen molar-refractivity contribution in [1.82, 2.24) is 5.32 Å². The lowest BCUT2D eigenvalue weighted by molar-refractivity contribution is -0.139. The maximum Gasteiger partial charge on any atom is 0.326 e. The first-order valence-electron chi connectivity index (χ1n) is 7.35. The van der Waals surface area contributed by atoms with E-state index in [1.54, 1.807) is 48.5 Å². The smallest absolute Gasteiger partial charge is 0.326 e. The van der Waals surface area contributed by atoms with Crippen LogP contribution in [0.1, 0.15) is 15.9 Å². The van der Waals surface area contributed by atoms with Crippen LogP contribution in [0.25, 0.3) is 0 Å². The average Bonchev–Trinajstić information content (AvgIpc) is 2.61. The summed E-state index contributed by atoms with van der Waals surface area (Å²) in [5.41, 5.74) is 0.985. The molecular formula is C18H19NO5. The summed E-state index contributed by atoms with van der Waals surface area (Å²) in [5.74, 6) is -0.562. The van der Waals surface area contributed by atoms with E-state index >= 15 is 0 Å². The quantitative estimate of drug-likeness (QED) is 0.813. The number of rotatable bonds is 7. The fraction of sp³-hybridized carbons (Fsp3) is 0.222. The zero-order chi connectivity index (χ0) is 17.5. The van der Waals surface area contributed by atoms with Gasteiger partial charge in [-0.3, -0.25) is 4.79 Å². The molecule has 0 bridgehead atoms. The van der Waals surface area contributed by atoms with Crippen molar-refractivity contribution in [2.75, 3.05) is 14.2 Å². The Hall–Kier alpha value is -3.02. The molecule has 0 aromatic heterocycles. The van der Waals surface area contributed by atoms with E-state index in [4.69, 9.17) is 9.47 Å². The van der Waals surface area contributed by atoms with E-state index in [1.807, 2.05) is 0 Å². The first-order valence-corrected chi connectivity index (χ1v) is 7.35. The number of methoxy groups -OCH3 is 2. The minimum Gasteiger partial charge on any atom is -0.496 e. The van der Waals surface area contributed by atoms with Crippen LogP contribution >= 0.6 is 0 Å². The van der Waals surface area contributed by atoms with E-state index < -0.39 is 17.9 Å². The predicted octanol–water partition coefficient (Wildman–Crippen LogP) is 2.13. The number of carbonyl (C=O) groups excluding carboxylic acids is 1. The van der Waals surface area contributed by atoms with Crippen LogP contribution in [0, 0.1) is 0 Å². The lowest BCUT2D eigenvalue weighted by Crippen LogP contribution is -2.42. The van der Waals surface area contributed by atoms with Gasteiger partial charge in [0, 0.05) is 17.5 Å². The summed E-state index contributed by atoms with van der Waals surface area (Å²) >= 11 is 0. The number of carboxylic acid groups (broad SMARTS) is 1. The van der Waals surface area contributed by atoms with Gasteiger partial charge in [0.05, 0.1) is 14.2 Å². The highest BCUT2D eigenvalue weighted by molar-refractivity contribution is 5.96. The second kappa shape index (κ2) is 8.01. The second-order valence-electron chi connectivity index (χ2n) is 5.08. The normalized spacial score (nSPS) is 11.4. The largest absolute Gasteiger partial charge is 0.496 e. The molecule has 6 nitrogen and oxygen atoms in total. The number of nitrogens with one attached hydrogen (secondary N) is 1. The van der Waals surface area contributed by atoms with Gasteiger partial charge in [0.2, 0.25) is 0 Å². The minimum atomic E-state index is -1.13. The van der Waals surface area contributed by atoms with Gasteiger partial charge in [-0.05, 0) is 24.3 Å². The number of amides is 1. The molecule has 0 fully saturated rings. The molecule has 2 aromatic carbocycles. The Morgan fingerprint density at radius 3 is 2.08 bits per heavy atom. The monoisotopic (exact) mass is 329 g/mol. The van der Waals surface area contributed by atoms with Crippen LogP contribution in [-0.4, -0.2) is 37.2 Å². The molecule has 0 spiro atoms. The van der Waals surface area contributed by atoms with Crippen LogP contribution in [0.5, 0.6) is 11.5 Å². The van der Waals surface area contributed by atoms with Crippen molar-refractivity contribution in [2.45, 2.75) is 12.5 Å². The summed E-state index contributed by atoms with van der Waals surface area (Å²) in [5, 5.41) is 12.0. The van der Waals surface area contributed by atoms with E-state index in [9.17, 15) is 14.7 Å². The Labute approximate surface area is 140 Å². The first-order chi connectivity index (χ1) is 11.6. The lowest BCUT2D eigenvalue weighted by atomic mass is 10.0. The molecule has 126 valence electrons. The lowest BCUT2D eigenvalue weighted by Gasteiger charge is -2.18. The SMILES string of the molecule is COc1cccc(OC)c1CC(NC(=O)c1ccccc1)C(=O)O. The number of ether oxygens (including phenoxy) is 2. The maximum absolute atomic E-state index is 12.2. The van der Waals surface area contributed by atoms with Crippen molar-refractivity contribution < 1.29 is 24.2 Å². The molecular weight excluding hydrogens is 310 g/mol. The van der Waals surface area contributed by atoms with Gasteiger partial charge in [0.1, 0.15) is 17.5 Å². The standard InChI is InChI=1S/C18H19NO5/c1-23-15-9-6-10-16(24-2)13(15)11-14(18(21)22)19-17(20)12-7-4-3-5-8-12/h3-10,14H,11H2,1-2H3,(H,19,20)(H,21,22). The first kappa shape index (κ1) is 17.3. The van der Waals surface area contributed by atoms with Gasteiger partial charge in [-0.2, -0.15) is 0 Å². The number of hydrogen-bond acceptors (Lipinski definition) is 4. The molecule has 1 amide bonds. The van der Waals surface area contributed by atoms with E-state index in [2.05, 4.69) is 5.32 Å². The number of aliphatic carboxylic acids is 1. The molecule has 0 aliphatic heterocycles. The summed E-state index contributed by atoms with van der Waals surface area (Å²) in [6, 6.07) is 12.5. The zero-order valence-electron chi connectivity index (χ0n) is 13.5. The number of carboxylic acids is 1. The Bertz CT molecular complexity index is 692. The minimum absolute atomic E-state index is 0.0428. The third kappa shape index (κ3) is 4.04. The Morgan fingerprint density at radius 2 is 1.58 bits per heavy atom. The summed E-state index contributed by atoms with van der Waals surface area (Å²) in [4.78, 5) is 23.8. The Balaban J connectivity index is 2.24. The van der Waals surface area contributed by atoms with Crippen molar-refractivity contribution in [1.29, 1.82) is 0 Å². The van der Waals surface area contributed by atoms with E-state index in [-0.39, 0.29) is 6.42 Å². The molecule has 0 heterocycles. The third-order valence-corrected chi connectivity index (χ3v) is 3.58. The molecule has 1 atom stereocenters. The molecule has 1 unspecified atom stereocenters. The molecule has 24 heavy (non-hydrogen) atoms. The molecule has 2 N–H and O–H groups in total. The number of carbonyl (C=O) groups is 2. The Morgan fingerprint density at radius 1 is 1.00 bits per heavy atom. The van der Waals surface area contributed by atoms with Crippen LogP contribution in [0.2, 0.25) is 0 Å². The van der Waals surface area contributed by atoms with Gasteiger partial charge in [-0.15, -0.1) is 0 Å². The van der Waals surface area contributed by atoms with Crippen molar-refractivity contribution in [3.63, 3.8) is 0 Å². The second-order valence-corrected chi connectivity index (χ2v) is 5.08. The molecule has 0 aliphatic carbocycles. The van der Waals surface area contributed by atoms with Gasteiger partial charge in [0.15, 0.2) is 0 Å². The molecule has 2 aromatic rings. The van der Waals surface area contributed by atoms with Gasteiger partial charge in [-0.25, -0.2) is 4.79 Å². The fourth-order valence-electron chi connectivity index (χ4n) is 2.36. The van der Waals surface area contributed by atoms with Crippen molar-refractivity contribution >= 4 is 11.9 Å². The Kier molecular flexibility index (Phi) is 5.78. The highest BCUT2D eigenvalue weighted by Crippen LogP contribution is 2.29. The van der Waals surface area contributed by atoms with Crippen LogP contribution in [0.4, 0.5) is 0 Å². The summed E-state index contributed by atoms with van der Waals surface area (Å²) < 4.78 is 10.5. The highest BCUT2D eigenvalue weighted by atomic mass is 16.5. The summed E-state index contributed by atoms with van der Waals surface area (Å²) in [6.07, 6.45) is 0.0428. The fourth-order valence-corrected chi connectivity index (χ4v) is 2.36. The molecule has 2 rings (SSSR count). The average molecular weight is 329 g/mol. The molecule has 0 radical (unpaired) electrons. The van der Waals surface area contributed by atoms with Gasteiger partial charge in [-0.1, -0.05) is 24.3 Å². The van der Waals surface area contributed by atoms with E-state index in [0.717, 1.165) is 0 Å². The third-order valence-electron chi connectivity index (χ3n) is 3.58. The molecule has 0 saturated carbocycles. The topological polar surface area (TPSA) is 84.9 Å². The summed E-state index contributed by atoms with van der Waals surface area (Å²) in [7, 11) is 2.99. The molecule has 0 aliphatic rings. The number of hydrogen-bond donors (Lipinski definition) is 2. The molecule has 6 heteroatoms.